The van der Waals surface area contributed by atoms with Crippen molar-refractivity contribution in [3.63, 3.8) is 0 Å². The molecule has 10 rings (SSSR count). The van der Waals surface area contributed by atoms with Crippen LogP contribution in [-0.4, -0.2) is 4.57 Å². The highest BCUT2D eigenvalue weighted by Gasteiger charge is 2.36. The van der Waals surface area contributed by atoms with Crippen LogP contribution in [0.3, 0.4) is 0 Å². The van der Waals surface area contributed by atoms with Gasteiger partial charge in [-0.15, -0.1) is 0 Å². The number of anilines is 3. The van der Waals surface area contributed by atoms with Crippen LogP contribution >= 0.6 is 0 Å². The summed E-state index contributed by atoms with van der Waals surface area (Å²) in [7, 11) is 0. The summed E-state index contributed by atoms with van der Waals surface area (Å²) >= 11 is 0. The first-order chi connectivity index (χ1) is 25.5. The molecule has 2 heteroatoms. The van der Waals surface area contributed by atoms with Gasteiger partial charge in [-0.2, -0.15) is 0 Å². The smallest absolute Gasteiger partial charge is 0.0562 e. The number of benzene rings is 8. The number of para-hydroxylation sites is 2. The molecule has 0 aliphatic heterocycles. The predicted molar refractivity (Wildman–Crippen MR) is 221 cm³/mol. The quantitative estimate of drug-likeness (QED) is 0.177. The van der Waals surface area contributed by atoms with Crippen LogP contribution in [0.1, 0.15) is 30.5 Å². The van der Waals surface area contributed by atoms with Gasteiger partial charge < -0.3 is 9.47 Å². The van der Waals surface area contributed by atoms with Crippen LogP contribution in [0, 0.1) is 6.92 Å². The maximum atomic E-state index is 2.45. The fourth-order valence-electron chi connectivity index (χ4n) is 8.84. The molecule has 52 heavy (non-hydrogen) atoms. The second-order valence-electron chi connectivity index (χ2n) is 14.6. The predicted octanol–water partition coefficient (Wildman–Crippen LogP) is 13.7. The van der Waals surface area contributed by atoms with Crippen LogP contribution in [0.15, 0.2) is 176 Å². The molecule has 1 aromatic heterocycles. The summed E-state index contributed by atoms with van der Waals surface area (Å²) in [6.07, 6.45) is 0. The Morgan fingerprint density at radius 1 is 0.500 bits per heavy atom. The molecule has 8 aromatic carbocycles. The number of aromatic nitrogens is 1. The van der Waals surface area contributed by atoms with Gasteiger partial charge in [0.25, 0.3) is 0 Å². The molecule has 0 amide bonds. The molecular formula is C50H38N2. The molecule has 0 bridgehead atoms. The van der Waals surface area contributed by atoms with Crippen molar-refractivity contribution >= 4 is 49.6 Å². The third-order valence-corrected chi connectivity index (χ3v) is 11.3. The molecule has 0 radical (unpaired) electrons. The second-order valence-corrected chi connectivity index (χ2v) is 14.6. The summed E-state index contributed by atoms with van der Waals surface area (Å²) < 4.78 is 2.43. The van der Waals surface area contributed by atoms with Crippen LogP contribution in [0.4, 0.5) is 17.1 Å². The maximum absolute atomic E-state index is 2.45. The van der Waals surface area contributed by atoms with E-state index in [4.69, 9.17) is 0 Å². The zero-order chi connectivity index (χ0) is 35.0. The van der Waals surface area contributed by atoms with Crippen LogP contribution < -0.4 is 4.90 Å². The van der Waals surface area contributed by atoms with Gasteiger partial charge in [-0.25, -0.2) is 0 Å². The van der Waals surface area contributed by atoms with E-state index in [-0.39, 0.29) is 5.41 Å². The third kappa shape index (κ3) is 4.50. The number of fused-ring (bicyclic) bond motifs is 7. The standard InChI is InChI=1S/C50H38N2/c1-33-24-25-34-14-7-8-17-39(34)48(33)35-26-28-37(29-27-35)52-45-21-12-10-19-42(45)49-46(22-13-23-47(49)52)51(36-15-5-4-6-16-36)38-30-31-41-40-18-9-11-20-43(40)50(2,3)44(41)32-38/h4-32H,1-3H3. The molecule has 1 heterocycles. The van der Waals surface area contributed by atoms with Crippen molar-refractivity contribution in [1.82, 2.24) is 4.57 Å². The van der Waals surface area contributed by atoms with Crippen LogP contribution in [0.2, 0.25) is 0 Å². The summed E-state index contributed by atoms with van der Waals surface area (Å²) in [5, 5.41) is 5.02. The Morgan fingerprint density at radius 2 is 1.19 bits per heavy atom. The molecule has 0 saturated carbocycles. The van der Waals surface area contributed by atoms with Gasteiger partial charge in [0.15, 0.2) is 0 Å². The van der Waals surface area contributed by atoms with Crippen molar-refractivity contribution in [3.05, 3.63) is 193 Å². The van der Waals surface area contributed by atoms with E-state index in [9.17, 15) is 0 Å². The molecule has 248 valence electrons. The monoisotopic (exact) mass is 666 g/mol. The lowest BCUT2D eigenvalue weighted by Crippen LogP contribution is -2.16. The summed E-state index contributed by atoms with van der Waals surface area (Å²) in [5.41, 5.74) is 16.1. The number of rotatable bonds is 5. The van der Waals surface area contributed by atoms with Gasteiger partial charge in [-0.05, 0) is 111 Å². The fraction of sp³-hybridized carbons (Fsp3) is 0.0800. The van der Waals surface area contributed by atoms with Crippen molar-refractivity contribution in [1.29, 1.82) is 0 Å². The van der Waals surface area contributed by atoms with Crippen molar-refractivity contribution in [2.45, 2.75) is 26.2 Å². The molecule has 0 fully saturated rings. The maximum Gasteiger partial charge on any atom is 0.0562 e. The van der Waals surface area contributed by atoms with Gasteiger partial charge in [0.1, 0.15) is 0 Å². The number of aryl methyl sites for hydroxylation is 1. The van der Waals surface area contributed by atoms with Crippen molar-refractivity contribution < 1.29 is 0 Å². The van der Waals surface area contributed by atoms with E-state index >= 15 is 0 Å². The Morgan fingerprint density at radius 3 is 2.04 bits per heavy atom. The molecule has 1 aliphatic rings. The highest BCUT2D eigenvalue weighted by Crippen LogP contribution is 2.51. The van der Waals surface area contributed by atoms with Crippen molar-refractivity contribution in [3.8, 4) is 27.9 Å². The Bertz CT molecular complexity index is 2820. The Labute approximate surface area is 304 Å². The minimum atomic E-state index is -0.0942. The van der Waals surface area contributed by atoms with Gasteiger partial charge in [-0.3, -0.25) is 0 Å². The fourth-order valence-corrected chi connectivity index (χ4v) is 8.84. The molecule has 0 unspecified atom stereocenters. The topological polar surface area (TPSA) is 8.17 Å². The lowest BCUT2D eigenvalue weighted by molar-refractivity contribution is 0.660. The molecule has 1 aliphatic carbocycles. The van der Waals surface area contributed by atoms with E-state index in [0.29, 0.717) is 0 Å². The molecule has 0 atom stereocenters. The zero-order valence-electron chi connectivity index (χ0n) is 29.6. The number of hydrogen-bond acceptors (Lipinski definition) is 1. The first-order valence-electron chi connectivity index (χ1n) is 18.2. The van der Waals surface area contributed by atoms with Gasteiger partial charge >= 0.3 is 0 Å². The summed E-state index contributed by atoms with van der Waals surface area (Å²) in [6, 6.07) is 64.6. The molecule has 2 nitrogen and oxygen atoms in total. The largest absolute Gasteiger partial charge is 0.310 e. The van der Waals surface area contributed by atoms with Crippen molar-refractivity contribution in [2.24, 2.45) is 0 Å². The van der Waals surface area contributed by atoms with Crippen LogP contribution in [-0.2, 0) is 5.41 Å². The second kappa shape index (κ2) is 11.6. The minimum Gasteiger partial charge on any atom is -0.310 e. The highest BCUT2D eigenvalue weighted by atomic mass is 15.1. The lowest BCUT2D eigenvalue weighted by atomic mass is 9.82. The van der Waals surface area contributed by atoms with E-state index in [2.05, 4.69) is 206 Å². The Hall–Kier alpha value is -6.38. The van der Waals surface area contributed by atoms with Crippen molar-refractivity contribution in [2.75, 3.05) is 4.90 Å². The van der Waals surface area contributed by atoms with Gasteiger partial charge in [0, 0.05) is 33.2 Å². The Balaban J connectivity index is 1.17. The lowest BCUT2D eigenvalue weighted by Gasteiger charge is -2.28. The highest BCUT2D eigenvalue weighted by molar-refractivity contribution is 6.16. The first kappa shape index (κ1) is 30.4. The average Bonchev–Trinajstić information content (AvgIpc) is 3.64. The van der Waals surface area contributed by atoms with E-state index in [0.717, 1.165) is 22.7 Å². The SMILES string of the molecule is Cc1ccc2ccccc2c1-c1ccc(-n2c3ccccc3c3c(N(c4ccccc4)c4ccc5c(c4)C(C)(C)c4ccccc4-5)cccc32)cc1. The van der Waals surface area contributed by atoms with E-state index in [1.165, 1.54) is 71.5 Å². The van der Waals surface area contributed by atoms with Gasteiger partial charge in [0.2, 0.25) is 0 Å². The van der Waals surface area contributed by atoms with E-state index < -0.39 is 0 Å². The van der Waals surface area contributed by atoms with Crippen LogP contribution in [0.5, 0.6) is 0 Å². The molecule has 0 spiro atoms. The zero-order valence-corrected chi connectivity index (χ0v) is 29.6. The minimum absolute atomic E-state index is 0.0942. The third-order valence-electron chi connectivity index (χ3n) is 11.3. The van der Waals surface area contributed by atoms with Gasteiger partial charge in [0.05, 0.1) is 16.7 Å². The summed E-state index contributed by atoms with van der Waals surface area (Å²) in [6.45, 7) is 6.93. The van der Waals surface area contributed by atoms with E-state index in [1.807, 2.05) is 0 Å². The van der Waals surface area contributed by atoms with Crippen LogP contribution in [0.25, 0.3) is 60.5 Å². The summed E-state index contributed by atoms with van der Waals surface area (Å²) in [5.74, 6) is 0. The molecule has 0 N–H and O–H groups in total. The summed E-state index contributed by atoms with van der Waals surface area (Å²) in [4.78, 5) is 2.45. The average molecular weight is 667 g/mol. The Kier molecular flexibility index (Phi) is 6.78. The molecule has 9 aromatic rings. The first-order valence-corrected chi connectivity index (χ1v) is 18.2. The van der Waals surface area contributed by atoms with Gasteiger partial charge in [-0.1, -0.05) is 135 Å². The number of hydrogen-bond donors (Lipinski definition) is 0. The molecular weight excluding hydrogens is 629 g/mol. The van der Waals surface area contributed by atoms with E-state index in [1.54, 1.807) is 0 Å². The number of nitrogens with zero attached hydrogens (tertiary/aromatic N) is 2. The molecule has 0 saturated heterocycles. The normalized spacial score (nSPS) is 13.1.